The van der Waals surface area contributed by atoms with Crippen LogP contribution in [0.2, 0.25) is 0 Å². The Labute approximate surface area is 129 Å². The van der Waals surface area contributed by atoms with Gasteiger partial charge in [0.1, 0.15) is 5.75 Å². The van der Waals surface area contributed by atoms with Gasteiger partial charge in [-0.15, -0.1) is 0 Å². The molecule has 1 aromatic carbocycles. The second-order valence-corrected chi connectivity index (χ2v) is 6.54. The number of likely N-dealkylation sites (N-methyl/N-ethyl adjacent to an activating group) is 1. The van der Waals surface area contributed by atoms with E-state index in [1.54, 1.807) is 7.11 Å². The van der Waals surface area contributed by atoms with Crippen molar-refractivity contribution in [2.24, 2.45) is 11.7 Å². The van der Waals surface area contributed by atoms with Crippen molar-refractivity contribution in [3.05, 3.63) is 29.3 Å². The minimum atomic E-state index is -0.0266. The highest BCUT2D eigenvalue weighted by Crippen LogP contribution is 2.41. The van der Waals surface area contributed by atoms with E-state index in [0.29, 0.717) is 12.5 Å². The number of benzene rings is 1. The predicted molar refractivity (Wildman–Crippen MR) is 88.7 cm³/mol. The normalized spacial score (nSPS) is 21.7. The Morgan fingerprint density at radius 1 is 1.38 bits per heavy atom. The Kier molecular flexibility index (Phi) is 5.28. The first-order valence-electron chi connectivity index (χ1n) is 8.20. The molecule has 0 saturated carbocycles. The minimum absolute atomic E-state index is 0.0266. The van der Waals surface area contributed by atoms with Crippen molar-refractivity contribution >= 4 is 0 Å². The zero-order valence-corrected chi connectivity index (χ0v) is 14.0. The van der Waals surface area contributed by atoms with Crippen LogP contribution in [0.15, 0.2) is 18.2 Å². The lowest BCUT2D eigenvalue weighted by molar-refractivity contribution is 0.0671. The molecule has 0 aromatic heterocycles. The van der Waals surface area contributed by atoms with E-state index >= 15 is 0 Å². The average Bonchev–Trinajstić information content (AvgIpc) is 2.51. The predicted octanol–water partition coefficient (Wildman–Crippen LogP) is 3.16. The van der Waals surface area contributed by atoms with Gasteiger partial charge in [0, 0.05) is 13.1 Å². The summed E-state index contributed by atoms with van der Waals surface area (Å²) in [6, 6.07) is 6.51. The quantitative estimate of drug-likeness (QED) is 0.874. The van der Waals surface area contributed by atoms with Crippen molar-refractivity contribution in [2.75, 3.05) is 26.7 Å². The maximum absolute atomic E-state index is 6.31. The van der Waals surface area contributed by atoms with Gasteiger partial charge in [-0.05, 0) is 55.0 Å². The van der Waals surface area contributed by atoms with Gasteiger partial charge in [-0.3, -0.25) is 4.90 Å². The van der Waals surface area contributed by atoms with Gasteiger partial charge in [0.05, 0.1) is 12.6 Å². The van der Waals surface area contributed by atoms with E-state index in [1.807, 2.05) is 0 Å². The topological polar surface area (TPSA) is 38.5 Å². The van der Waals surface area contributed by atoms with E-state index in [0.717, 1.165) is 31.7 Å². The molecule has 0 heterocycles. The monoisotopic (exact) mass is 290 g/mol. The van der Waals surface area contributed by atoms with E-state index in [9.17, 15) is 0 Å². The Bertz CT molecular complexity index is 472. The van der Waals surface area contributed by atoms with Crippen LogP contribution in [0.5, 0.6) is 5.75 Å². The summed E-state index contributed by atoms with van der Waals surface area (Å²) in [4.78, 5) is 2.58. The third kappa shape index (κ3) is 3.09. The number of rotatable bonds is 6. The lowest BCUT2D eigenvalue weighted by Gasteiger charge is -2.47. The number of ether oxygens (including phenoxy) is 1. The molecule has 3 heteroatoms. The number of nitrogens with two attached hydrogens (primary N) is 1. The zero-order chi connectivity index (χ0) is 15.5. The van der Waals surface area contributed by atoms with Gasteiger partial charge in [-0.25, -0.2) is 0 Å². The number of hydrogen-bond acceptors (Lipinski definition) is 3. The summed E-state index contributed by atoms with van der Waals surface area (Å²) in [5.74, 6) is 1.58. The number of nitrogens with zero attached hydrogens (tertiary/aromatic N) is 1. The molecule has 0 saturated heterocycles. The van der Waals surface area contributed by atoms with Crippen LogP contribution in [-0.2, 0) is 12.0 Å². The molecule has 1 unspecified atom stereocenters. The maximum Gasteiger partial charge on any atom is 0.119 e. The third-order valence-corrected chi connectivity index (χ3v) is 4.77. The smallest absolute Gasteiger partial charge is 0.119 e. The van der Waals surface area contributed by atoms with Gasteiger partial charge in [-0.2, -0.15) is 0 Å². The highest BCUT2D eigenvalue weighted by Gasteiger charge is 2.40. The molecular weight excluding hydrogens is 260 g/mol. The summed E-state index contributed by atoms with van der Waals surface area (Å²) in [5.41, 5.74) is 9.11. The second kappa shape index (κ2) is 6.80. The van der Waals surface area contributed by atoms with Crippen LogP contribution in [0.25, 0.3) is 0 Å². The van der Waals surface area contributed by atoms with Crippen molar-refractivity contribution in [3.8, 4) is 5.75 Å². The van der Waals surface area contributed by atoms with Gasteiger partial charge in [0.25, 0.3) is 0 Å². The van der Waals surface area contributed by atoms with Crippen molar-refractivity contribution in [1.29, 1.82) is 0 Å². The summed E-state index contributed by atoms with van der Waals surface area (Å²) in [7, 11) is 1.74. The summed E-state index contributed by atoms with van der Waals surface area (Å²) >= 11 is 0. The van der Waals surface area contributed by atoms with Crippen LogP contribution < -0.4 is 10.5 Å². The fraction of sp³-hybridized carbons (Fsp3) is 0.667. The van der Waals surface area contributed by atoms with E-state index < -0.39 is 0 Å². The highest BCUT2D eigenvalue weighted by molar-refractivity contribution is 5.42. The molecule has 0 fully saturated rings. The fourth-order valence-electron chi connectivity index (χ4n) is 3.76. The van der Waals surface area contributed by atoms with Gasteiger partial charge in [0.2, 0.25) is 0 Å². The fourth-order valence-corrected chi connectivity index (χ4v) is 3.76. The van der Waals surface area contributed by atoms with Crippen molar-refractivity contribution in [3.63, 3.8) is 0 Å². The Balaban J connectivity index is 2.49. The second-order valence-electron chi connectivity index (χ2n) is 6.54. The van der Waals surface area contributed by atoms with E-state index in [-0.39, 0.29) is 5.54 Å². The van der Waals surface area contributed by atoms with Crippen LogP contribution >= 0.6 is 0 Å². The molecule has 118 valence electrons. The summed E-state index contributed by atoms with van der Waals surface area (Å²) in [6.07, 6.45) is 3.51. The first kappa shape index (κ1) is 16.3. The molecule has 0 spiro atoms. The lowest BCUT2D eigenvalue weighted by atomic mass is 9.74. The van der Waals surface area contributed by atoms with Crippen molar-refractivity contribution in [2.45, 2.75) is 45.6 Å². The average molecular weight is 290 g/mol. The summed E-state index contributed by atoms with van der Waals surface area (Å²) < 4.78 is 5.45. The number of aryl methyl sites for hydroxylation is 1. The molecule has 1 aliphatic rings. The molecule has 3 nitrogen and oxygen atoms in total. The largest absolute Gasteiger partial charge is 0.497 e. The Morgan fingerprint density at radius 2 is 2.14 bits per heavy atom. The van der Waals surface area contributed by atoms with Gasteiger partial charge in [-0.1, -0.05) is 26.8 Å². The van der Waals surface area contributed by atoms with Crippen LogP contribution in [0.4, 0.5) is 0 Å². The minimum Gasteiger partial charge on any atom is -0.497 e. The third-order valence-electron chi connectivity index (χ3n) is 4.77. The Morgan fingerprint density at radius 3 is 2.71 bits per heavy atom. The van der Waals surface area contributed by atoms with E-state index in [2.05, 4.69) is 43.9 Å². The van der Waals surface area contributed by atoms with Crippen LogP contribution in [0.1, 0.15) is 44.7 Å². The van der Waals surface area contributed by atoms with Crippen molar-refractivity contribution in [1.82, 2.24) is 4.90 Å². The standard InChI is InChI=1S/C18H30N2O/c1-5-20(12-14(2)3)18(13-19)10-6-7-15-8-9-16(21-4)11-17(15)18/h8-9,11,14H,5-7,10,12-13,19H2,1-4H3. The van der Waals surface area contributed by atoms with Crippen LogP contribution in [0.3, 0.4) is 0 Å². The van der Waals surface area contributed by atoms with Gasteiger partial charge in [0.15, 0.2) is 0 Å². The molecule has 1 aliphatic carbocycles. The molecule has 2 rings (SSSR count). The molecular formula is C18H30N2O. The van der Waals surface area contributed by atoms with Crippen LogP contribution in [0, 0.1) is 5.92 Å². The van der Waals surface area contributed by atoms with Gasteiger partial charge < -0.3 is 10.5 Å². The molecule has 0 bridgehead atoms. The molecule has 2 N–H and O–H groups in total. The summed E-state index contributed by atoms with van der Waals surface area (Å²) in [5, 5.41) is 0. The molecule has 1 atom stereocenters. The first-order valence-corrected chi connectivity index (χ1v) is 8.20. The number of fused-ring (bicyclic) bond motifs is 1. The SMILES string of the molecule is CCN(CC(C)C)C1(CN)CCCc2ccc(OC)cc21. The number of methoxy groups -OCH3 is 1. The van der Waals surface area contributed by atoms with Crippen LogP contribution in [-0.4, -0.2) is 31.6 Å². The van der Waals surface area contributed by atoms with E-state index in [1.165, 1.54) is 17.5 Å². The molecule has 0 amide bonds. The van der Waals surface area contributed by atoms with Crippen molar-refractivity contribution < 1.29 is 4.74 Å². The maximum atomic E-state index is 6.31. The lowest BCUT2D eigenvalue weighted by Crippen LogP contribution is -2.54. The summed E-state index contributed by atoms with van der Waals surface area (Å²) in [6.45, 7) is 9.60. The molecule has 21 heavy (non-hydrogen) atoms. The molecule has 0 aliphatic heterocycles. The zero-order valence-electron chi connectivity index (χ0n) is 14.0. The van der Waals surface area contributed by atoms with E-state index in [4.69, 9.17) is 10.5 Å². The van der Waals surface area contributed by atoms with Gasteiger partial charge >= 0.3 is 0 Å². The Hall–Kier alpha value is -1.06. The molecule has 1 aromatic rings. The number of hydrogen-bond donors (Lipinski definition) is 1. The molecule has 0 radical (unpaired) electrons. The first-order chi connectivity index (χ1) is 10.1. The highest BCUT2D eigenvalue weighted by atomic mass is 16.5.